The highest BCUT2D eigenvalue weighted by molar-refractivity contribution is 6.32. The van der Waals surface area contributed by atoms with Gasteiger partial charge in [-0.1, -0.05) is 37.1 Å². The van der Waals surface area contributed by atoms with E-state index in [0.717, 1.165) is 24.0 Å². The summed E-state index contributed by atoms with van der Waals surface area (Å²) in [6.07, 6.45) is 1.90. The molecular formula is C19H24ClN3O3. The van der Waals surface area contributed by atoms with Crippen LogP contribution in [0.2, 0.25) is 5.15 Å². The predicted molar refractivity (Wildman–Crippen MR) is 102 cm³/mol. The first-order valence-corrected chi connectivity index (χ1v) is 8.98. The lowest BCUT2D eigenvalue weighted by Crippen LogP contribution is -2.21. The van der Waals surface area contributed by atoms with Gasteiger partial charge in [0.25, 0.3) is 5.91 Å². The molecule has 2 rings (SSSR count). The van der Waals surface area contributed by atoms with Crippen molar-refractivity contribution in [1.82, 2.24) is 9.78 Å². The Labute approximate surface area is 158 Å². The van der Waals surface area contributed by atoms with E-state index in [-0.39, 0.29) is 17.3 Å². The van der Waals surface area contributed by atoms with Gasteiger partial charge in [-0.05, 0) is 44.4 Å². The van der Waals surface area contributed by atoms with Crippen LogP contribution in [0.4, 0.5) is 5.69 Å². The number of hydrogen-bond acceptors (Lipinski definition) is 4. The average molecular weight is 378 g/mol. The number of ether oxygens (including phenoxy) is 1. The summed E-state index contributed by atoms with van der Waals surface area (Å²) in [5, 5.41) is 7.26. The number of unbranched alkanes of at least 4 members (excludes halogenated alkanes) is 1. The zero-order chi connectivity index (χ0) is 19.3. The maximum Gasteiger partial charge on any atom is 0.343 e. The van der Waals surface area contributed by atoms with Gasteiger partial charge in [-0.15, -0.1) is 0 Å². The third-order valence-corrected chi connectivity index (χ3v) is 4.38. The maximum absolute atomic E-state index is 12.3. The highest BCUT2D eigenvalue weighted by Crippen LogP contribution is 2.21. The Bertz CT molecular complexity index is 815. The second kappa shape index (κ2) is 8.85. The number of halogens is 1. The van der Waals surface area contributed by atoms with Crippen LogP contribution >= 0.6 is 11.6 Å². The van der Waals surface area contributed by atoms with Gasteiger partial charge in [0.05, 0.1) is 5.69 Å². The minimum absolute atomic E-state index is 0.210. The number of anilines is 1. The Morgan fingerprint density at radius 2 is 2.00 bits per heavy atom. The molecule has 1 aromatic carbocycles. The van der Waals surface area contributed by atoms with Crippen LogP contribution in [0.1, 0.15) is 46.9 Å². The molecule has 0 saturated carbocycles. The maximum atomic E-state index is 12.3. The topological polar surface area (TPSA) is 73.2 Å². The van der Waals surface area contributed by atoms with Crippen LogP contribution in [0, 0.1) is 20.8 Å². The lowest BCUT2D eigenvalue weighted by atomic mass is 10.1. The SMILES string of the molecule is CCCCn1nc(C)c(C(=O)OCC(=O)Nc2cc(C)ccc2C)c1Cl. The van der Waals surface area contributed by atoms with Gasteiger partial charge in [0.1, 0.15) is 10.7 Å². The van der Waals surface area contributed by atoms with Gasteiger partial charge in [0.2, 0.25) is 0 Å². The number of nitrogens with one attached hydrogen (secondary N) is 1. The molecule has 26 heavy (non-hydrogen) atoms. The molecule has 0 atom stereocenters. The van der Waals surface area contributed by atoms with Gasteiger partial charge >= 0.3 is 5.97 Å². The van der Waals surface area contributed by atoms with Crippen molar-refractivity contribution in [2.24, 2.45) is 0 Å². The van der Waals surface area contributed by atoms with Crippen molar-refractivity contribution in [2.45, 2.75) is 47.1 Å². The number of aryl methyl sites for hydroxylation is 4. The Morgan fingerprint density at radius 1 is 1.27 bits per heavy atom. The Kier molecular flexibility index (Phi) is 6.80. The fourth-order valence-corrected chi connectivity index (χ4v) is 2.84. The average Bonchev–Trinajstić information content (AvgIpc) is 2.88. The predicted octanol–water partition coefficient (Wildman–Crippen LogP) is 4.06. The van der Waals surface area contributed by atoms with Crippen LogP contribution in [0.25, 0.3) is 0 Å². The van der Waals surface area contributed by atoms with Crippen molar-refractivity contribution in [1.29, 1.82) is 0 Å². The molecule has 140 valence electrons. The van der Waals surface area contributed by atoms with Gasteiger partial charge in [0.15, 0.2) is 6.61 Å². The summed E-state index contributed by atoms with van der Waals surface area (Å²) in [5.41, 5.74) is 3.37. The molecule has 0 radical (unpaired) electrons. The number of carbonyl (C=O) groups excluding carboxylic acids is 2. The number of amides is 1. The van der Waals surface area contributed by atoms with E-state index in [4.69, 9.17) is 16.3 Å². The molecular weight excluding hydrogens is 354 g/mol. The highest BCUT2D eigenvalue weighted by Gasteiger charge is 2.22. The van der Waals surface area contributed by atoms with Crippen molar-refractivity contribution in [2.75, 3.05) is 11.9 Å². The molecule has 0 fully saturated rings. The molecule has 0 saturated heterocycles. The summed E-state index contributed by atoms with van der Waals surface area (Å²) in [7, 11) is 0. The quantitative estimate of drug-likeness (QED) is 0.738. The monoisotopic (exact) mass is 377 g/mol. The van der Waals surface area contributed by atoms with Crippen LogP contribution in [0.3, 0.4) is 0 Å². The van der Waals surface area contributed by atoms with Gasteiger partial charge in [-0.3, -0.25) is 9.48 Å². The summed E-state index contributed by atoms with van der Waals surface area (Å²) in [6.45, 7) is 7.85. The number of hydrogen-bond donors (Lipinski definition) is 1. The molecule has 6 nitrogen and oxygen atoms in total. The molecule has 0 unspecified atom stereocenters. The molecule has 1 heterocycles. The third-order valence-electron chi connectivity index (χ3n) is 3.99. The van der Waals surface area contributed by atoms with Crippen molar-refractivity contribution in [3.63, 3.8) is 0 Å². The number of nitrogens with zero attached hydrogens (tertiary/aromatic N) is 2. The van der Waals surface area contributed by atoms with Crippen LogP contribution < -0.4 is 5.32 Å². The lowest BCUT2D eigenvalue weighted by Gasteiger charge is -2.10. The Morgan fingerprint density at radius 3 is 2.69 bits per heavy atom. The largest absolute Gasteiger partial charge is 0.452 e. The second-order valence-electron chi connectivity index (χ2n) is 6.27. The first-order valence-electron chi connectivity index (χ1n) is 8.60. The van der Waals surface area contributed by atoms with Crippen molar-refractivity contribution < 1.29 is 14.3 Å². The van der Waals surface area contributed by atoms with Crippen molar-refractivity contribution in [3.05, 3.63) is 45.7 Å². The third kappa shape index (κ3) is 4.85. The fourth-order valence-electron chi connectivity index (χ4n) is 2.50. The Hall–Kier alpha value is -2.34. The standard InChI is InChI=1S/C19H24ClN3O3/c1-5-6-9-23-18(20)17(14(4)22-23)19(25)26-11-16(24)21-15-10-12(2)7-8-13(15)3/h7-8,10H,5-6,9,11H2,1-4H3,(H,21,24). The van der Waals surface area contributed by atoms with E-state index in [9.17, 15) is 9.59 Å². The molecule has 0 aliphatic rings. The van der Waals surface area contributed by atoms with Crippen LogP contribution in [0.5, 0.6) is 0 Å². The molecule has 1 amide bonds. The molecule has 7 heteroatoms. The number of benzene rings is 1. The van der Waals surface area contributed by atoms with Crippen molar-refractivity contribution in [3.8, 4) is 0 Å². The van der Waals surface area contributed by atoms with Crippen molar-refractivity contribution >= 4 is 29.2 Å². The van der Waals surface area contributed by atoms with E-state index in [1.54, 1.807) is 11.6 Å². The minimum atomic E-state index is -0.647. The molecule has 0 aliphatic heterocycles. The summed E-state index contributed by atoms with van der Waals surface area (Å²) >= 11 is 6.24. The van der Waals surface area contributed by atoms with Gasteiger partial charge < -0.3 is 10.1 Å². The molecule has 0 spiro atoms. The number of aromatic nitrogens is 2. The molecule has 0 aliphatic carbocycles. The van der Waals surface area contributed by atoms with E-state index in [1.165, 1.54) is 0 Å². The van der Waals surface area contributed by atoms with E-state index in [1.807, 2.05) is 32.0 Å². The smallest absolute Gasteiger partial charge is 0.343 e. The summed E-state index contributed by atoms with van der Waals surface area (Å²) in [6, 6.07) is 5.75. The van der Waals surface area contributed by atoms with Crippen LogP contribution in [0.15, 0.2) is 18.2 Å². The van der Waals surface area contributed by atoms with E-state index < -0.39 is 11.9 Å². The number of esters is 1. The molecule has 1 aromatic heterocycles. The van der Waals surface area contributed by atoms with Crippen LogP contribution in [-0.2, 0) is 16.1 Å². The number of rotatable bonds is 7. The van der Waals surface area contributed by atoms with E-state index in [2.05, 4.69) is 17.3 Å². The first kappa shape index (κ1) is 20.0. The van der Waals surface area contributed by atoms with Gasteiger partial charge in [-0.2, -0.15) is 5.10 Å². The first-order chi connectivity index (χ1) is 12.3. The molecule has 0 bridgehead atoms. The normalized spacial score (nSPS) is 10.7. The van der Waals surface area contributed by atoms with E-state index in [0.29, 0.717) is 17.9 Å². The summed E-state index contributed by atoms with van der Waals surface area (Å²) in [5.74, 6) is -1.05. The van der Waals surface area contributed by atoms with Gasteiger partial charge in [0, 0.05) is 12.2 Å². The molecule has 1 N–H and O–H groups in total. The van der Waals surface area contributed by atoms with Crippen LogP contribution in [-0.4, -0.2) is 28.3 Å². The Balaban J connectivity index is 1.99. The summed E-state index contributed by atoms with van der Waals surface area (Å²) in [4.78, 5) is 24.4. The number of carbonyl (C=O) groups is 2. The lowest BCUT2D eigenvalue weighted by molar-refractivity contribution is -0.119. The second-order valence-corrected chi connectivity index (χ2v) is 6.63. The highest BCUT2D eigenvalue weighted by atomic mass is 35.5. The minimum Gasteiger partial charge on any atom is -0.452 e. The fraction of sp³-hybridized carbons (Fsp3) is 0.421. The zero-order valence-electron chi connectivity index (χ0n) is 15.6. The van der Waals surface area contributed by atoms with E-state index >= 15 is 0 Å². The molecule has 2 aromatic rings. The van der Waals surface area contributed by atoms with Gasteiger partial charge in [-0.25, -0.2) is 4.79 Å². The zero-order valence-corrected chi connectivity index (χ0v) is 16.3. The summed E-state index contributed by atoms with van der Waals surface area (Å²) < 4.78 is 6.71.